The quantitative estimate of drug-likeness (QED) is 0.344. The Labute approximate surface area is 237 Å². The molecule has 2 N–H and O–H groups in total. The Morgan fingerprint density at radius 3 is 2.35 bits per heavy atom. The Morgan fingerprint density at radius 2 is 1.70 bits per heavy atom. The van der Waals surface area contributed by atoms with Crippen LogP contribution >= 0.6 is 11.3 Å². The molecule has 40 heavy (non-hydrogen) atoms. The number of aryl methyl sites for hydroxylation is 2. The van der Waals surface area contributed by atoms with Gasteiger partial charge in [-0.1, -0.05) is 42.5 Å². The molecule has 2 atom stereocenters. The van der Waals surface area contributed by atoms with Gasteiger partial charge in [0.15, 0.2) is 5.82 Å². The van der Waals surface area contributed by atoms with E-state index in [1.54, 1.807) is 18.3 Å². The minimum atomic E-state index is -0.922. The number of fused-ring (bicyclic) bond motifs is 3. The van der Waals surface area contributed by atoms with Gasteiger partial charge in [-0.2, -0.15) is 0 Å². The fourth-order valence-corrected chi connectivity index (χ4v) is 7.03. The first-order valence-electron chi connectivity index (χ1n) is 13.6. The maximum atomic E-state index is 12.1. The van der Waals surface area contributed by atoms with Crippen molar-refractivity contribution in [2.24, 2.45) is 10.9 Å². The highest BCUT2D eigenvalue weighted by Crippen LogP contribution is 2.41. The largest absolute Gasteiger partial charge is 0.481 e. The van der Waals surface area contributed by atoms with Crippen LogP contribution in [-0.2, 0) is 10.4 Å². The number of aromatic nitrogens is 3. The number of aliphatic hydroxyl groups is 1. The predicted octanol–water partition coefficient (Wildman–Crippen LogP) is 5.35. The molecule has 0 spiro atoms. The lowest BCUT2D eigenvalue weighted by Gasteiger charge is -2.39. The van der Waals surface area contributed by atoms with Gasteiger partial charge in [0.1, 0.15) is 16.9 Å². The van der Waals surface area contributed by atoms with Crippen LogP contribution in [0.4, 0.5) is 5.69 Å². The summed E-state index contributed by atoms with van der Waals surface area (Å²) in [5.41, 5.74) is 5.11. The molecule has 4 heterocycles. The Balaban J connectivity index is 1.35. The Kier molecular flexibility index (Phi) is 6.59. The first-order chi connectivity index (χ1) is 19.2. The first-order valence-corrected chi connectivity index (χ1v) is 14.5. The summed E-state index contributed by atoms with van der Waals surface area (Å²) >= 11 is 1.66. The van der Waals surface area contributed by atoms with Gasteiger partial charge >= 0.3 is 5.97 Å². The second-order valence-corrected chi connectivity index (χ2v) is 12.1. The van der Waals surface area contributed by atoms with Crippen molar-refractivity contribution in [1.82, 2.24) is 14.8 Å². The minimum absolute atomic E-state index is 0.556. The fourth-order valence-electron chi connectivity index (χ4n) is 5.82. The van der Waals surface area contributed by atoms with Crippen molar-refractivity contribution in [1.29, 1.82) is 0 Å². The first kappa shape index (κ1) is 26.4. The molecule has 6 rings (SSSR count). The molecule has 0 saturated carbocycles. The third-order valence-corrected chi connectivity index (χ3v) is 9.65. The van der Waals surface area contributed by atoms with E-state index in [1.165, 1.54) is 4.88 Å². The van der Waals surface area contributed by atoms with Gasteiger partial charge in [-0.3, -0.25) is 14.4 Å². The van der Waals surface area contributed by atoms with Gasteiger partial charge in [0.2, 0.25) is 0 Å². The second-order valence-electron chi connectivity index (χ2n) is 10.9. The predicted molar refractivity (Wildman–Crippen MR) is 157 cm³/mol. The van der Waals surface area contributed by atoms with E-state index in [0.29, 0.717) is 24.5 Å². The van der Waals surface area contributed by atoms with E-state index >= 15 is 0 Å². The standard InChI is InChI=1S/C31H33N5O3S/c1-18-20(3)40-29-25(18)27(32-26(19(2)30(37)38)28-34-33-21(4)36(28)29)22-10-12-24(13-11-22)35-16-14-31(39,15-17-35)23-8-6-5-7-9-23/h5-13,19,26,39H,14-17H2,1-4H3,(H,37,38)/t19?,26-/m0/s1. The van der Waals surface area contributed by atoms with E-state index in [-0.39, 0.29) is 0 Å². The lowest BCUT2D eigenvalue weighted by Crippen LogP contribution is -2.42. The lowest BCUT2D eigenvalue weighted by molar-refractivity contribution is -0.141. The van der Waals surface area contributed by atoms with Crippen molar-refractivity contribution < 1.29 is 15.0 Å². The molecule has 4 aromatic rings. The number of piperidine rings is 1. The number of hydrogen-bond donors (Lipinski definition) is 2. The molecule has 0 aliphatic carbocycles. The number of aliphatic imine (C=N–C) groups is 1. The van der Waals surface area contributed by atoms with Crippen molar-refractivity contribution in [3.63, 3.8) is 0 Å². The van der Waals surface area contributed by atoms with Crippen LogP contribution in [0.5, 0.6) is 0 Å². The van der Waals surface area contributed by atoms with Gasteiger partial charge in [-0.15, -0.1) is 21.5 Å². The number of rotatable bonds is 5. The van der Waals surface area contributed by atoms with Crippen LogP contribution < -0.4 is 4.90 Å². The van der Waals surface area contributed by atoms with Gasteiger partial charge in [-0.25, -0.2) is 0 Å². The molecule has 0 bridgehead atoms. The molecular weight excluding hydrogens is 522 g/mol. The minimum Gasteiger partial charge on any atom is -0.481 e. The second kappa shape index (κ2) is 9.98. The Bertz CT molecular complexity index is 1600. The molecule has 8 nitrogen and oxygen atoms in total. The van der Waals surface area contributed by atoms with Crippen molar-refractivity contribution >= 4 is 28.7 Å². The number of aliphatic carboxylic acids is 1. The molecule has 1 fully saturated rings. The van der Waals surface area contributed by atoms with Gasteiger partial charge < -0.3 is 15.1 Å². The van der Waals surface area contributed by atoms with Crippen LogP contribution in [0.2, 0.25) is 0 Å². The van der Waals surface area contributed by atoms with Crippen LogP contribution in [0.15, 0.2) is 59.6 Å². The average molecular weight is 556 g/mol. The van der Waals surface area contributed by atoms with Gasteiger partial charge in [0.25, 0.3) is 0 Å². The van der Waals surface area contributed by atoms with E-state index in [2.05, 4.69) is 53.2 Å². The number of carboxylic acid groups (broad SMARTS) is 1. The summed E-state index contributed by atoms with van der Waals surface area (Å²) in [5, 5.41) is 30.9. The number of hydrogen-bond acceptors (Lipinski definition) is 7. The molecule has 0 radical (unpaired) electrons. The highest BCUT2D eigenvalue weighted by molar-refractivity contribution is 7.15. The maximum Gasteiger partial charge on any atom is 0.308 e. The summed E-state index contributed by atoms with van der Waals surface area (Å²) in [6.07, 6.45) is 1.33. The van der Waals surface area contributed by atoms with Crippen LogP contribution in [0.1, 0.15) is 64.6 Å². The topological polar surface area (TPSA) is 104 Å². The molecule has 206 valence electrons. The van der Waals surface area contributed by atoms with E-state index in [4.69, 9.17) is 4.99 Å². The molecule has 2 aliphatic rings. The van der Waals surface area contributed by atoms with E-state index in [0.717, 1.165) is 51.7 Å². The summed E-state index contributed by atoms with van der Waals surface area (Å²) < 4.78 is 1.98. The number of carboxylic acids is 1. The lowest BCUT2D eigenvalue weighted by atomic mass is 9.84. The van der Waals surface area contributed by atoms with Crippen LogP contribution in [0.25, 0.3) is 5.00 Å². The van der Waals surface area contributed by atoms with Crippen molar-refractivity contribution in [3.8, 4) is 5.00 Å². The Morgan fingerprint density at radius 1 is 1.02 bits per heavy atom. The average Bonchev–Trinajstić information content (AvgIpc) is 3.43. The highest BCUT2D eigenvalue weighted by Gasteiger charge is 2.37. The van der Waals surface area contributed by atoms with Gasteiger partial charge in [-0.05, 0) is 63.8 Å². The molecule has 0 amide bonds. The zero-order chi connectivity index (χ0) is 28.2. The third-order valence-electron chi connectivity index (χ3n) is 8.46. The third kappa shape index (κ3) is 4.33. The van der Waals surface area contributed by atoms with E-state index < -0.39 is 23.5 Å². The molecule has 1 saturated heterocycles. The van der Waals surface area contributed by atoms with Crippen molar-refractivity contribution in [3.05, 3.63) is 93.4 Å². The van der Waals surface area contributed by atoms with Crippen LogP contribution in [0, 0.1) is 26.7 Å². The summed E-state index contributed by atoms with van der Waals surface area (Å²) in [6, 6.07) is 17.6. The van der Waals surface area contributed by atoms with Gasteiger partial charge in [0.05, 0.1) is 17.2 Å². The summed E-state index contributed by atoms with van der Waals surface area (Å²) in [6.45, 7) is 9.27. The number of benzene rings is 2. The van der Waals surface area contributed by atoms with Crippen molar-refractivity contribution in [2.75, 3.05) is 18.0 Å². The molecular formula is C31H33N5O3S. The molecule has 9 heteroatoms. The van der Waals surface area contributed by atoms with Crippen LogP contribution in [-0.4, -0.2) is 49.7 Å². The zero-order valence-electron chi connectivity index (χ0n) is 23.1. The number of anilines is 1. The summed E-state index contributed by atoms with van der Waals surface area (Å²) in [4.78, 5) is 20.7. The maximum absolute atomic E-state index is 12.1. The van der Waals surface area contributed by atoms with E-state index in [1.807, 2.05) is 41.8 Å². The molecule has 2 aromatic carbocycles. The molecule has 2 aliphatic heterocycles. The smallest absolute Gasteiger partial charge is 0.308 e. The molecule has 2 aromatic heterocycles. The molecule has 1 unspecified atom stereocenters. The highest BCUT2D eigenvalue weighted by atomic mass is 32.1. The zero-order valence-corrected chi connectivity index (χ0v) is 23.9. The summed E-state index contributed by atoms with van der Waals surface area (Å²) in [7, 11) is 0. The van der Waals surface area contributed by atoms with Crippen LogP contribution in [0.3, 0.4) is 0 Å². The van der Waals surface area contributed by atoms with Gasteiger partial charge in [0, 0.05) is 34.8 Å². The van der Waals surface area contributed by atoms with Crippen molar-refractivity contribution in [2.45, 2.75) is 52.2 Å². The van der Waals surface area contributed by atoms with E-state index in [9.17, 15) is 15.0 Å². The SMILES string of the molecule is Cc1sc2c(c1C)C(c1ccc(N3CCC(O)(c4ccccc4)CC3)cc1)=N[C@@H](C(C)C(=O)O)c1nnc(C)n1-2. The monoisotopic (exact) mass is 555 g/mol. The summed E-state index contributed by atoms with van der Waals surface area (Å²) in [5.74, 6) is -0.425. The Hall–Kier alpha value is -3.82. The number of nitrogens with zero attached hydrogens (tertiary/aromatic N) is 5. The normalized spacial score (nSPS) is 18.9. The fraction of sp³-hybridized carbons (Fsp3) is 0.355. The number of carbonyl (C=O) groups is 1. The number of thiophene rings is 1.